The highest BCUT2D eigenvalue weighted by molar-refractivity contribution is 6.34. The molecular weight excluding hydrogens is 354 g/mol. The standard InChI is InChI=1S/C19H20ClN3O3/c1-26-15-5-6-16(17(20)12-15)19(25)23-9-3-8-22(10-11-23)18(24)14-4-2-7-21-13-14/h2,4-7,12-13H,3,8-11H2,1H3. The number of rotatable bonds is 3. The fourth-order valence-corrected chi connectivity index (χ4v) is 3.21. The number of halogens is 1. The molecule has 0 N–H and O–H groups in total. The Morgan fingerprint density at radius 1 is 1.08 bits per heavy atom. The second-order valence-electron chi connectivity index (χ2n) is 6.03. The largest absolute Gasteiger partial charge is 0.497 e. The van der Waals surface area contributed by atoms with Gasteiger partial charge in [-0.3, -0.25) is 14.6 Å². The van der Waals surface area contributed by atoms with Crippen molar-refractivity contribution in [2.75, 3.05) is 33.3 Å². The first-order valence-corrected chi connectivity index (χ1v) is 8.80. The van der Waals surface area contributed by atoms with Crippen molar-refractivity contribution < 1.29 is 14.3 Å². The smallest absolute Gasteiger partial charge is 0.255 e. The molecule has 1 fully saturated rings. The molecule has 3 rings (SSSR count). The molecule has 2 aromatic rings. The van der Waals surface area contributed by atoms with Crippen LogP contribution in [0.1, 0.15) is 27.1 Å². The average molecular weight is 374 g/mol. The summed E-state index contributed by atoms with van der Waals surface area (Å²) in [6.45, 7) is 2.13. The van der Waals surface area contributed by atoms with Gasteiger partial charge in [0.05, 0.1) is 23.3 Å². The van der Waals surface area contributed by atoms with Crippen LogP contribution in [0.5, 0.6) is 5.75 Å². The molecule has 0 aliphatic carbocycles. The normalized spacial score (nSPS) is 14.7. The predicted octanol–water partition coefficient (Wildman–Crippen LogP) is 2.73. The number of hydrogen-bond acceptors (Lipinski definition) is 4. The van der Waals surface area contributed by atoms with E-state index in [0.29, 0.717) is 54.5 Å². The maximum absolute atomic E-state index is 12.8. The van der Waals surface area contributed by atoms with Crippen LogP contribution in [0.15, 0.2) is 42.7 Å². The Morgan fingerprint density at radius 3 is 2.42 bits per heavy atom. The van der Waals surface area contributed by atoms with E-state index in [1.807, 2.05) is 0 Å². The van der Waals surface area contributed by atoms with E-state index < -0.39 is 0 Å². The Kier molecular flexibility index (Phi) is 5.73. The zero-order chi connectivity index (χ0) is 18.5. The maximum atomic E-state index is 12.8. The summed E-state index contributed by atoms with van der Waals surface area (Å²) in [5.41, 5.74) is 1.00. The molecule has 0 spiro atoms. The highest BCUT2D eigenvalue weighted by Crippen LogP contribution is 2.24. The van der Waals surface area contributed by atoms with Crippen LogP contribution in [0.2, 0.25) is 5.02 Å². The maximum Gasteiger partial charge on any atom is 0.255 e. The number of nitrogens with zero attached hydrogens (tertiary/aromatic N) is 3. The molecule has 1 aliphatic heterocycles. The second kappa shape index (κ2) is 8.19. The zero-order valence-electron chi connectivity index (χ0n) is 14.5. The fourth-order valence-electron chi connectivity index (χ4n) is 2.96. The summed E-state index contributed by atoms with van der Waals surface area (Å²) in [7, 11) is 1.55. The third kappa shape index (κ3) is 3.96. The zero-order valence-corrected chi connectivity index (χ0v) is 15.3. The summed E-state index contributed by atoms with van der Waals surface area (Å²) < 4.78 is 5.12. The van der Waals surface area contributed by atoms with Gasteiger partial charge in [0.1, 0.15) is 5.75 Å². The molecular formula is C19H20ClN3O3. The minimum atomic E-state index is -0.131. The molecule has 1 aromatic heterocycles. The summed E-state index contributed by atoms with van der Waals surface area (Å²) >= 11 is 6.22. The predicted molar refractivity (Wildman–Crippen MR) is 98.7 cm³/mol. The molecule has 136 valence electrons. The Balaban J connectivity index is 1.68. The van der Waals surface area contributed by atoms with Crippen LogP contribution >= 0.6 is 11.6 Å². The molecule has 0 radical (unpaired) electrons. The van der Waals surface area contributed by atoms with Gasteiger partial charge in [-0.25, -0.2) is 0 Å². The molecule has 0 atom stereocenters. The van der Waals surface area contributed by atoms with Gasteiger partial charge in [-0.1, -0.05) is 11.6 Å². The van der Waals surface area contributed by atoms with E-state index in [9.17, 15) is 9.59 Å². The number of methoxy groups -OCH3 is 1. The van der Waals surface area contributed by atoms with E-state index in [2.05, 4.69) is 4.98 Å². The van der Waals surface area contributed by atoms with Gasteiger partial charge in [-0.2, -0.15) is 0 Å². The van der Waals surface area contributed by atoms with Gasteiger partial charge in [-0.05, 0) is 36.8 Å². The number of pyridine rings is 1. The van der Waals surface area contributed by atoms with Crippen molar-refractivity contribution in [2.45, 2.75) is 6.42 Å². The fraction of sp³-hybridized carbons (Fsp3) is 0.316. The lowest BCUT2D eigenvalue weighted by Gasteiger charge is -2.22. The summed E-state index contributed by atoms with van der Waals surface area (Å²) in [4.78, 5) is 32.9. The molecule has 1 aliphatic rings. The van der Waals surface area contributed by atoms with Gasteiger partial charge in [0.15, 0.2) is 0 Å². The van der Waals surface area contributed by atoms with Crippen molar-refractivity contribution in [3.8, 4) is 5.75 Å². The summed E-state index contributed by atoms with van der Waals surface area (Å²) in [6.07, 6.45) is 3.91. The van der Waals surface area contributed by atoms with E-state index >= 15 is 0 Å². The number of amides is 2. The van der Waals surface area contributed by atoms with Crippen molar-refractivity contribution in [2.24, 2.45) is 0 Å². The minimum Gasteiger partial charge on any atom is -0.497 e. The SMILES string of the molecule is COc1ccc(C(=O)N2CCCN(C(=O)c3cccnc3)CC2)c(Cl)c1. The lowest BCUT2D eigenvalue weighted by atomic mass is 10.2. The monoisotopic (exact) mass is 373 g/mol. The van der Waals surface area contributed by atoms with Gasteiger partial charge < -0.3 is 14.5 Å². The quantitative estimate of drug-likeness (QED) is 0.829. The number of hydrogen-bond donors (Lipinski definition) is 0. The Labute approximate surface area is 157 Å². The van der Waals surface area contributed by atoms with Crippen LogP contribution in [-0.2, 0) is 0 Å². The van der Waals surface area contributed by atoms with Crippen molar-refractivity contribution in [3.05, 3.63) is 58.9 Å². The van der Waals surface area contributed by atoms with E-state index in [1.54, 1.807) is 59.6 Å². The molecule has 2 heterocycles. The average Bonchev–Trinajstić information content (AvgIpc) is 2.93. The Hall–Kier alpha value is -2.60. The number of carbonyl (C=O) groups is 2. The first-order chi connectivity index (χ1) is 12.6. The second-order valence-corrected chi connectivity index (χ2v) is 6.43. The summed E-state index contributed by atoms with van der Waals surface area (Å²) in [5.74, 6) is 0.416. The van der Waals surface area contributed by atoms with Gasteiger partial charge in [-0.15, -0.1) is 0 Å². The molecule has 0 bridgehead atoms. The van der Waals surface area contributed by atoms with Crippen LogP contribution in [0, 0.1) is 0 Å². The Morgan fingerprint density at radius 2 is 1.81 bits per heavy atom. The first kappa shape index (κ1) is 18.2. The van der Waals surface area contributed by atoms with Gasteiger partial charge in [0.25, 0.3) is 11.8 Å². The molecule has 0 unspecified atom stereocenters. The van der Waals surface area contributed by atoms with E-state index in [1.165, 1.54) is 0 Å². The molecule has 0 saturated carbocycles. The molecule has 6 nitrogen and oxygen atoms in total. The molecule has 2 amide bonds. The number of aromatic nitrogens is 1. The summed E-state index contributed by atoms with van der Waals surface area (Å²) in [5, 5.41) is 0.363. The van der Waals surface area contributed by atoms with Crippen LogP contribution < -0.4 is 4.74 Å². The van der Waals surface area contributed by atoms with Crippen LogP contribution in [-0.4, -0.2) is 59.9 Å². The number of carbonyl (C=O) groups excluding carboxylic acids is 2. The Bertz CT molecular complexity index is 798. The van der Waals surface area contributed by atoms with Crippen molar-refractivity contribution in [3.63, 3.8) is 0 Å². The molecule has 1 aromatic carbocycles. The lowest BCUT2D eigenvalue weighted by Crippen LogP contribution is -2.37. The van der Waals surface area contributed by atoms with E-state index in [0.717, 1.165) is 0 Å². The highest BCUT2D eigenvalue weighted by Gasteiger charge is 2.24. The minimum absolute atomic E-state index is 0.0603. The first-order valence-electron chi connectivity index (χ1n) is 8.42. The summed E-state index contributed by atoms with van der Waals surface area (Å²) in [6, 6.07) is 8.51. The van der Waals surface area contributed by atoms with Crippen LogP contribution in [0.25, 0.3) is 0 Å². The number of benzene rings is 1. The third-order valence-corrected chi connectivity index (χ3v) is 4.70. The highest BCUT2D eigenvalue weighted by atomic mass is 35.5. The van der Waals surface area contributed by atoms with Crippen molar-refractivity contribution in [1.29, 1.82) is 0 Å². The van der Waals surface area contributed by atoms with Crippen LogP contribution in [0.4, 0.5) is 0 Å². The third-order valence-electron chi connectivity index (χ3n) is 4.39. The van der Waals surface area contributed by atoms with Gasteiger partial charge >= 0.3 is 0 Å². The van der Waals surface area contributed by atoms with Gasteiger partial charge in [0.2, 0.25) is 0 Å². The number of ether oxygens (including phenoxy) is 1. The van der Waals surface area contributed by atoms with Crippen molar-refractivity contribution >= 4 is 23.4 Å². The topological polar surface area (TPSA) is 62.7 Å². The molecule has 1 saturated heterocycles. The molecule has 7 heteroatoms. The lowest BCUT2D eigenvalue weighted by molar-refractivity contribution is 0.0718. The van der Waals surface area contributed by atoms with Crippen LogP contribution in [0.3, 0.4) is 0 Å². The molecule has 26 heavy (non-hydrogen) atoms. The van der Waals surface area contributed by atoms with E-state index in [-0.39, 0.29) is 11.8 Å². The van der Waals surface area contributed by atoms with E-state index in [4.69, 9.17) is 16.3 Å². The van der Waals surface area contributed by atoms with Gasteiger partial charge in [0, 0.05) is 38.6 Å². The van der Waals surface area contributed by atoms with Crippen molar-refractivity contribution in [1.82, 2.24) is 14.8 Å².